The van der Waals surface area contributed by atoms with Crippen molar-refractivity contribution in [2.75, 3.05) is 38.0 Å². The summed E-state index contributed by atoms with van der Waals surface area (Å²) in [6.07, 6.45) is 6.87. The molecule has 2 amide bonds. The predicted octanol–water partition coefficient (Wildman–Crippen LogP) is 5.55. The number of thiophene rings is 1. The van der Waals surface area contributed by atoms with Crippen molar-refractivity contribution in [1.82, 2.24) is 14.1 Å². The first kappa shape index (κ1) is 30.9. The summed E-state index contributed by atoms with van der Waals surface area (Å²) >= 11 is 1.47. The van der Waals surface area contributed by atoms with Gasteiger partial charge in [0, 0.05) is 56.3 Å². The highest BCUT2D eigenvalue weighted by molar-refractivity contribution is 7.89. The monoisotopic (exact) mass is 618 g/mol. The lowest BCUT2D eigenvalue weighted by Gasteiger charge is -2.29. The van der Waals surface area contributed by atoms with Crippen LogP contribution in [0.5, 0.6) is 0 Å². The van der Waals surface area contributed by atoms with E-state index in [1.165, 1.54) is 57.6 Å². The van der Waals surface area contributed by atoms with Gasteiger partial charge in [-0.3, -0.25) is 14.5 Å². The third kappa shape index (κ3) is 6.99. The van der Waals surface area contributed by atoms with Gasteiger partial charge in [0.05, 0.1) is 10.5 Å². The molecular weight excluding hydrogens is 581 g/mol. The molecule has 0 atom stereocenters. The van der Waals surface area contributed by atoms with Crippen molar-refractivity contribution in [3.63, 3.8) is 0 Å². The first-order valence-corrected chi connectivity index (χ1v) is 16.9. The van der Waals surface area contributed by atoms with E-state index in [0.29, 0.717) is 22.7 Å². The molecule has 5 rings (SSSR count). The summed E-state index contributed by atoms with van der Waals surface area (Å²) in [5.41, 5.74) is 3.19. The Kier molecular flexibility index (Phi) is 9.92. The van der Waals surface area contributed by atoms with Crippen LogP contribution in [0, 0.1) is 0 Å². The number of benzene rings is 2. The number of likely N-dealkylation sites (tertiary alicyclic amines) is 1. The maximum atomic E-state index is 13.9. The third-order valence-corrected chi connectivity index (χ3v) is 10.9. The summed E-state index contributed by atoms with van der Waals surface area (Å²) in [6, 6.07) is 16.2. The van der Waals surface area contributed by atoms with Gasteiger partial charge < -0.3 is 10.2 Å². The second-order valence-electron chi connectivity index (χ2n) is 10.9. The Bertz CT molecular complexity index is 1570. The number of hydrogen-bond acceptors (Lipinski definition) is 6. The number of fused-ring (bicyclic) bond motifs is 1. The molecular formula is C33H38N4O4S2. The number of amides is 2. The van der Waals surface area contributed by atoms with Crippen LogP contribution in [0.3, 0.4) is 0 Å². The average Bonchev–Trinajstić information content (AvgIpc) is 3.38. The summed E-state index contributed by atoms with van der Waals surface area (Å²) < 4.78 is 27.4. The Labute approximate surface area is 258 Å². The first-order valence-electron chi connectivity index (χ1n) is 14.6. The highest BCUT2D eigenvalue weighted by atomic mass is 32.2. The van der Waals surface area contributed by atoms with Crippen molar-refractivity contribution in [2.24, 2.45) is 0 Å². The number of sulfonamides is 1. The van der Waals surface area contributed by atoms with E-state index in [9.17, 15) is 18.0 Å². The number of piperidine rings is 1. The Hall–Kier alpha value is -3.57. The fourth-order valence-corrected chi connectivity index (χ4v) is 8.32. The van der Waals surface area contributed by atoms with E-state index in [1.54, 1.807) is 0 Å². The normalized spacial score (nSPS) is 15.6. The van der Waals surface area contributed by atoms with Crippen LogP contribution in [-0.2, 0) is 29.5 Å². The van der Waals surface area contributed by atoms with Crippen molar-refractivity contribution < 1.29 is 18.0 Å². The molecule has 1 aromatic heterocycles. The molecule has 3 heterocycles. The number of nitrogens with zero attached hydrogens (tertiary/aromatic N) is 3. The Balaban J connectivity index is 1.39. The fourth-order valence-electron chi connectivity index (χ4n) is 5.66. The maximum Gasteiger partial charge on any atom is 0.257 e. The fraction of sp³-hybridized carbons (Fsp3) is 0.333. The van der Waals surface area contributed by atoms with E-state index in [4.69, 9.17) is 0 Å². The SMILES string of the molecule is C=CCN(CC=C)S(=O)(=O)c1ccc(C(=O)Nc2sc3c(c2C(=O)N2CCCCC2)CCN(Cc2ccccc2)C3)cc1. The minimum absolute atomic E-state index is 0.0185. The van der Waals surface area contributed by atoms with Gasteiger partial charge in [0.25, 0.3) is 11.8 Å². The molecule has 2 aromatic carbocycles. The lowest BCUT2D eigenvalue weighted by molar-refractivity contribution is 0.0724. The van der Waals surface area contributed by atoms with Crippen LogP contribution in [0.15, 0.2) is 84.8 Å². The first-order chi connectivity index (χ1) is 20.8. The van der Waals surface area contributed by atoms with Crippen LogP contribution in [0.2, 0.25) is 0 Å². The van der Waals surface area contributed by atoms with Crippen LogP contribution >= 0.6 is 11.3 Å². The highest BCUT2D eigenvalue weighted by Gasteiger charge is 2.32. The zero-order valence-electron chi connectivity index (χ0n) is 24.3. The zero-order chi connectivity index (χ0) is 30.4. The van der Waals surface area contributed by atoms with E-state index in [2.05, 4.69) is 35.5 Å². The summed E-state index contributed by atoms with van der Waals surface area (Å²) in [4.78, 5) is 32.8. The predicted molar refractivity (Wildman–Crippen MR) is 172 cm³/mol. The second kappa shape index (κ2) is 13.8. The molecule has 2 aliphatic heterocycles. The molecule has 0 bridgehead atoms. The van der Waals surface area contributed by atoms with Crippen LogP contribution in [0.25, 0.3) is 0 Å². The minimum atomic E-state index is -3.78. The molecule has 0 spiro atoms. The molecule has 10 heteroatoms. The Morgan fingerprint density at radius 3 is 2.26 bits per heavy atom. The molecule has 226 valence electrons. The topological polar surface area (TPSA) is 90.0 Å². The van der Waals surface area contributed by atoms with Crippen LogP contribution in [-0.4, -0.2) is 67.1 Å². The molecule has 0 saturated carbocycles. The van der Waals surface area contributed by atoms with Gasteiger partial charge in [-0.25, -0.2) is 8.42 Å². The molecule has 0 aliphatic carbocycles. The van der Waals surface area contributed by atoms with Crippen LogP contribution < -0.4 is 5.32 Å². The van der Waals surface area contributed by atoms with Crippen molar-refractivity contribution in [3.8, 4) is 0 Å². The number of rotatable bonds is 11. The van der Waals surface area contributed by atoms with Gasteiger partial charge in [-0.05, 0) is 61.1 Å². The molecule has 2 aliphatic rings. The van der Waals surface area contributed by atoms with E-state index < -0.39 is 10.0 Å². The maximum absolute atomic E-state index is 13.9. The van der Waals surface area contributed by atoms with Gasteiger partial charge in [0.1, 0.15) is 5.00 Å². The molecule has 0 radical (unpaired) electrons. The highest BCUT2D eigenvalue weighted by Crippen LogP contribution is 2.39. The number of hydrogen-bond donors (Lipinski definition) is 1. The van der Waals surface area contributed by atoms with Crippen molar-refractivity contribution in [3.05, 3.63) is 107 Å². The van der Waals surface area contributed by atoms with E-state index in [1.807, 2.05) is 23.1 Å². The van der Waals surface area contributed by atoms with Crippen molar-refractivity contribution in [2.45, 2.75) is 43.7 Å². The molecule has 0 unspecified atom stereocenters. The lowest BCUT2D eigenvalue weighted by Crippen LogP contribution is -2.37. The largest absolute Gasteiger partial charge is 0.339 e. The number of nitrogens with one attached hydrogen (secondary N) is 1. The minimum Gasteiger partial charge on any atom is -0.339 e. The van der Waals surface area contributed by atoms with E-state index in [0.717, 1.165) is 62.3 Å². The number of carbonyl (C=O) groups is 2. The third-order valence-electron chi connectivity index (χ3n) is 7.89. The number of anilines is 1. The summed E-state index contributed by atoms with van der Waals surface area (Å²) in [7, 11) is -3.78. The van der Waals surface area contributed by atoms with Gasteiger partial charge in [0.2, 0.25) is 10.0 Å². The van der Waals surface area contributed by atoms with Gasteiger partial charge in [-0.15, -0.1) is 24.5 Å². The summed E-state index contributed by atoms with van der Waals surface area (Å²) in [5, 5.41) is 3.58. The van der Waals surface area contributed by atoms with E-state index >= 15 is 0 Å². The molecule has 1 saturated heterocycles. The molecule has 1 N–H and O–H groups in total. The van der Waals surface area contributed by atoms with Crippen molar-refractivity contribution >= 4 is 38.2 Å². The summed E-state index contributed by atoms with van der Waals surface area (Å²) in [5.74, 6) is -0.402. The quantitative estimate of drug-likeness (QED) is 0.285. The van der Waals surface area contributed by atoms with Crippen molar-refractivity contribution in [1.29, 1.82) is 0 Å². The molecule has 1 fully saturated rings. The molecule has 43 heavy (non-hydrogen) atoms. The molecule has 3 aromatic rings. The Morgan fingerprint density at radius 1 is 0.930 bits per heavy atom. The van der Waals surface area contributed by atoms with E-state index in [-0.39, 0.29) is 29.8 Å². The van der Waals surface area contributed by atoms with Crippen LogP contribution in [0.1, 0.15) is 56.0 Å². The van der Waals surface area contributed by atoms with Gasteiger partial charge in [0.15, 0.2) is 0 Å². The summed E-state index contributed by atoms with van der Waals surface area (Å²) in [6.45, 7) is 11.4. The average molecular weight is 619 g/mol. The molecule has 8 nitrogen and oxygen atoms in total. The van der Waals surface area contributed by atoms with Gasteiger partial charge in [-0.2, -0.15) is 4.31 Å². The van der Waals surface area contributed by atoms with Crippen LogP contribution in [0.4, 0.5) is 5.00 Å². The lowest BCUT2D eigenvalue weighted by atomic mass is 10.00. The Morgan fingerprint density at radius 2 is 1.60 bits per heavy atom. The standard InChI is InChI=1S/C33H38N4O4S2/c1-3-18-37(19-4-2)43(40,41)27-15-13-26(14-16-27)31(38)34-32-30(33(39)36-20-9-6-10-21-36)28-17-22-35(24-29(28)42-32)23-25-11-7-5-8-12-25/h3-5,7-8,11-16H,1-2,6,9-10,17-24H2,(H,34,38). The zero-order valence-corrected chi connectivity index (χ0v) is 26.0. The van der Waals surface area contributed by atoms with Gasteiger partial charge in [-0.1, -0.05) is 42.5 Å². The number of carbonyl (C=O) groups excluding carboxylic acids is 2. The smallest absolute Gasteiger partial charge is 0.257 e. The van der Waals surface area contributed by atoms with Gasteiger partial charge >= 0.3 is 0 Å². The second-order valence-corrected chi connectivity index (χ2v) is 13.9.